The van der Waals surface area contributed by atoms with E-state index in [4.69, 9.17) is 4.74 Å². The second-order valence-corrected chi connectivity index (χ2v) is 10.0. The largest absolute Gasteiger partial charge is 0.464 e. The highest BCUT2D eigenvalue weighted by Crippen LogP contribution is 2.29. The fraction of sp³-hybridized carbons (Fsp3) is 0.600. The molecule has 28 heavy (non-hydrogen) atoms. The molecular formula is C20H28N2O5S. The number of hydrogen-bond acceptors (Lipinski definition) is 5. The Morgan fingerprint density at radius 1 is 1.11 bits per heavy atom. The van der Waals surface area contributed by atoms with Gasteiger partial charge in [0.1, 0.15) is 6.54 Å². The summed E-state index contributed by atoms with van der Waals surface area (Å²) in [4.78, 5) is 23.9. The Bertz CT molecular complexity index is 808. The highest BCUT2D eigenvalue weighted by atomic mass is 32.2. The van der Waals surface area contributed by atoms with Crippen molar-refractivity contribution in [2.24, 2.45) is 17.8 Å². The van der Waals surface area contributed by atoms with Gasteiger partial charge in [-0.3, -0.25) is 9.59 Å². The first kappa shape index (κ1) is 20.8. The van der Waals surface area contributed by atoms with Crippen molar-refractivity contribution in [2.75, 3.05) is 26.2 Å². The number of nitrogens with zero attached hydrogens (tertiary/aromatic N) is 1. The van der Waals surface area contributed by atoms with E-state index in [0.717, 1.165) is 19.3 Å². The number of sulfonamides is 1. The van der Waals surface area contributed by atoms with Crippen molar-refractivity contribution >= 4 is 21.9 Å². The Kier molecular flexibility index (Phi) is 6.40. The van der Waals surface area contributed by atoms with Crippen LogP contribution in [0.3, 0.4) is 0 Å². The van der Waals surface area contributed by atoms with Gasteiger partial charge in [0.2, 0.25) is 10.0 Å². The third-order valence-electron chi connectivity index (χ3n) is 5.16. The summed E-state index contributed by atoms with van der Waals surface area (Å²) in [7, 11) is -3.58. The first-order chi connectivity index (χ1) is 13.3. The molecule has 0 aromatic heterocycles. The number of nitrogens with one attached hydrogen (secondary N) is 1. The maximum Gasteiger partial charge on any atom is 0.325 e. The topological polar surface area (TPSA) is 92.8 Å². The molecule has 0 spiro atoms. The van der Waals surface area contributed by atoms with Crippen molar-refractivity contribution in [3.05, 3.63) is 29.8 Å². The van der Waals surface area contributed by atoms with Crippen molar-refractivity contribution in [1.29, 1.82) is 0 Å². The molecule has 1 amide bonds. The van der Waals surface area contributed by atoms with Gasteiger partial charge >= 0.3 is 5.97 Å². The lowest BCUT2D eigenvalue weighted by atomic mass is 9.94. The van der Waals surface area contributed by atoms with Gasteiger partial charge in [-0.15, -0.1) is 0 Å². The quantitative estimate of drug-likeness (QED) is 0.697. The molecule has 2 unspecified atom stereocenters. The summed E-state index contributed by atoms with van der Waals surface area (Å²) in [6.07, 6.45) is 3.20. The summed E-state index contributed by atoms with van der Waals surface area (Å²) in [6.45, 7) is 5.35. The molecule has 154 valence electrons. The van der Waals surface area contributed by atoms with Crippen LogP contribution in [0.25, 0.3) is 0 Å². The molecule has 8 heteroatoms. The van der Waals surface area contributed by atoms with Gasteiger partial charge in [-0.05, 0) is 61.3 Å². The maximum atomic E-state index is 12.9. The molecule has 0 radical (unpaired) electrons. The second-order valence-electron chi connectivity index (χ2n) is 8.10. The predicted octanol–water partition coefficient (Wildman–Crippen LogP) is 2.04. The molecule has 2 atom stereocenters. The Morgan fingerprint density at radius 3 is 2.29 bits per heavy atom. The SMILES string of the molecule is CC1CC(C)CN(S(=O)(=O)c2ccc(C(=O)NCC(=O)OCC3CC3)cc2)C1. The van der Waals surface area contributed by atoms with Gasteiger partial charge in [-0.2, -0.15) is 4.31 Å². The van der Waals surface area contributed by atoms with Crippen LogP contribution in [0.1, 0.15) is 43.5 Å². The molecule has 2 aliphatic rings. The summed E-state index contributed by atoms with van der Waals surface area (Å²) >= 11 is 0. The fourth-order valence-electron chi connectivity index (χ4n) is 3.53. The first-order valence-corrected chi connectivity index (χ1v) is 11.2. The van der Waals surface area contributed by atoms with Gasteiger partial charge in [0.05, 0.1) is 11.5 Å². The van der Waals surface area contributed by atoms with Crippen molar-refractivity contribution in [3.63, 3.8) is 0 Å². The van der Waals surface area contributed by atoms with Crippen LogP contribution in [0, 0.1) is 17.8 Å². The van der Waals surface area contributed by atoms with Gasteiger partial charge < -0.3 is 10.1 Å². The minimum Gasteiger partial charge on any atom is -0.464 e. The molecule has 1 saturated heterocycles. The van der Waals surface area contributed by atoms with Gasteiger partial charge in [0.25, 0.3) is 5.91 Å². The lowest BCUT2D eigenvalue weighted by molar-refractivity contribution is -0.142. The fourth-order valence-corrected chi connectivity index (χ4v) is 5.21. The van der Waals surface area contributed by atoms with E-state index in [1.165, 1.54) is 28.6 Å². The zero-order valence-electron chi connectivity index (χ0n) is 16.4. The molecular weight excluding hydrogens is 380 g/mol. The van der Waals surface area contributed by atoms with E-state index >= 15 is 0 Å². The van der Waals surface area contributed by atoms with Crippen molar-refractivity contribution in [2.45, 2.75) is 38.0 Å². The molecule has 1 aromatic carbocycles. The van der Waals surface area contributed by atoms with Gasteiger partial charge in [-0.25, -0.2) is 8.42 Å². The number of rotatable bonds is 7. The molecule has 7 nitrogen and oxygen atoms in total. The van der Waals surface area contributed by atoms with Crippen LogP contribution >= 0.6 is 0 Å². The number of amides is 1. The summed E-state index contributed by atoms with van der Waals surface area (Å²) < 4.78 is 32.3. The van der Waals surface area contributed by atoms with E-state index in [0.29, 0.717) is 43.0 Å². The molecule has 2 fully saturated rings. The summed E-state index contributed by atoms with van der Waals surface area (Å²) in [5.41, 5.74) is 0.300. The van der Waals surface area contributed by atoms with Crippen LogP contribution in [-0.4, -0.2) is 50.8 Å². The average molecular weight is 409 g/mol. The Hall–Kier alpha value is -1.93. The lowest BCUT2D eigenvalue weighted by Crippen LogP contribution is -2.42. The van der Waals surface area contributed by atoms with Crippen LogP contribution < -0.4 is 5.32 Å². The number of hydrogen-bond donors (Lipinski definition) is 1. The van der Waals surface area contributed by atoms with Crippen LogP contribution in [-0.2, 0) is 19.6 Å². The van der Waals surface area contributed by atoms with E-state index in [1.807, 2.05) is 0 Å². The highest BCUT2D eigenvalue weighted by Gasteiger charge is 2.31. The van der Waals surface area contributed by atoms with E-state index in [9.17, 15) is 18.0 Å². The number of esters is 1. The normalized spacial score (nSPS) is 23.2. The molecule has 1 N–H and O–H groups in total. The van der Waals surface area contributed by atoms with Crippen molar-refractivity contribution < 1.29 is 22.7 Å². The standard InChI is InChI=1S/C20H28N2O5S/c1-14-9-15(2)12-22(11-14)28(25,26)18-7-5-17(6-8-18)20(24)21-10-19(23)27-13-16-3-4-16/h5-8,14-16H,3-4,9-13H2,1-2H3,(H,21,24). The molecule has 1 aromatic rings. The third-order valence-corrected chi connectivity index (χ3v) is 7.01. The van der Waals surface area contributed by atoms with Gasteiger partial charge in [-0.1, -0.05) is 13.8 Å². The number of benzene rings is 1. The lowest BCUT2D eigenvalue weighted by Gasteiger charge is -2.34. The molecule has 1 aliphatic heterocycles. The van der Waals surface area contributed by atoms with Crippen LogP contribution in [0.15, 0.2) is 29.2 Å². The maximum absolute atomic E-state index is 12.9. The molecule has 3 rings (SSSR count). The third kappa shape index (κ3) is 5.32. The zero-order chi connectivity index (χ0) is 20.3. The Balaban J connectivity index is 1.57. The first-order valence-electron chi connectivity index (χ1n) is 9.79. The number of ether oxygens (including phenoxy) is 1. The smallest absolute Gasteiger partial charge is 0.325 e. The van der Waals surface area contributed by atoms with E-state index in [-0.39, 0.29) is 11.4 Å². The minimum atomic E-state index is -3.58. The number of piperidine rings is 1. The van der Waals surface area contributed by atoms with Gasteiger partial charge in [0, 0.05) is 18.7 Å². The number of carbonyl (C=O) groups is 2. The zero-order valence-corrected chi connectivity index (χ0v) is 17.2. The number of carbonyl (C=O) groups excluding carboxylic acids is 2. The average Bonchev–Trinajstić information content (AvgIpc) is 3.48. The molecule has 0 bridgehead atoms. The second kappa shape index (κ2) is 8.61. The van der Waals surface area contributed by atoms with Crippen LogP contribution in [0.5, 0.6) is 0 Å². The summed E-state index contributed by atoms with van der Waals surface area (Å²) in [5.74, 6) is 0.215. The summed E-state index contributed by atoms with van der Waals surface area (Å²) in [5, 5.41) is 2.50. The molecule has 1 heterocycles. The van der Waals surface area contributed by atoms with E-state index < -0.39 is 21.9 Å². The van der Waals surface area contributed by atoms with E-state index in [1.54, 1.807) is 0 Å². The highest BCUT2D eigenvalue weighted by molar-refractivity contribution is 7.89. The van der Waals surface area contributed by atoms with Crippen molar-refractivity contribution in [1.82, 2.24) is 9.62 Å². The minimum absolute atomic E-state index is 0.175. The Labute approximate surface area is 166 Å². The summed E-state index contributed by atoms with van der Waals surface area (Å²) in [6, 6.07) is 5.82. The van der Waals surface area contributed by atoms with E-state index in [2.05, 4.69) is 19.2 Å². The molecule has 1 aliphatic carbocycles. The van der Waals surface area contributed by atoms with Crippen molar-refractivity contribution in [3.8, 4) is 0 Å². The van der Waals surface area contributed by atoms with Gasteiger partial charge in [0.15, 0.2) is 0 Å². The monoisotopic (exact) mass is 408 g/mol. The van der Waals surface area contributed by atoms with Crippen LogP contribution in [0.4, 0.5) is 0 Å². The predicted molar refractivity (Wildman–Crippen MR) is 104 cm³/mol. The molecule has 1 saturated carbocycles. The Morgan fingerprint density at radius 2 is 1.71 bits per heavy atom. The van der Waals surface area contributed by atoms with Crippen LogP contribution in [0.2, 0.25) is 0 Å².